The van der Waals surface area contributed by atoms with E-state index in [0.717, 1.165) is 33.1 Å². The van der Waals surface area contributed by atoms with Crippen LogP contribution in [0.15, 0.2) is 59.9 Å². The fourth-order valence-electron chi connectivity index (χ4n) is 3.64. The number of aryl methyl sites for hydroxylation is 3. The monoisotopic (exact) mass is 417 g/mol. The zero-order valence-electron chi connectivity index (χ0n) is 17.1. The number of para-hydroxylation sites is 2. The lowest BCUT2D eigenvalue weighted by atomic mass is 10.1. The fraction of sp³-hybridized carbons (Fsp3) is 0.174. The van der Waals surface area contributed by atoms with Crippen molar-refractivity contribution < 1.29 is 4.79 Å². The number of fused-ring (bicyclic) bond motifs is 1. The van der Waals surface area contributed by atoms with Crippen LogP contribution in [0.3, 0.4) is 0 Å². The van der Waals surface area contributed by atoms with Gasteiger partial charge in [-0.05, 0) is 56.2 Å². The summed E-state index contributed by atoms with van der Waals surface area (Å²) in [5, 5.41) is 3.60. The second-order valence-corrected chi connectivity index (χ2v) is 8.19. The van der Waals surface area contributed by atoms with Crippen LogP contribution in [0.25, 0.3) is 16.9 Å². The molecule has 0 atom stereocenters. The summed E-state index contributed by atoms with van der Waals surface area (Å²) in [7, 11) is 0. The molecule has 0 radical (unpaired) electrons. The summed E-state index contributed by atoms with van der Waals surface area (Å²) in [6, 6.07) is 15.3. The van der Waals surface area contributed by atoms with Crippen molar-refractivity contribution in [2.24, 2.45) is 0 Å². The second-order valence-electron chi connectivity index (χ2n) is 7.25. The Morgan fingerprint density at radius 2 is 1.83 bits per heavy atom. The van der Waals surface area contributed by atoms with Gasteiger partial charge in [-0.15, -0.1) is 0 Å². The smallest absolute Gasteiger partial charge is 0.234 e. The number of anilines is 2. The van der Waals surface area contributed by atoms with E-state index in [1.54, 1.807) is 18.3 Å². The van der Waals surface area contributed by atoms with Crippen molar-refractivity contribution in [3.05, 3.63) is 71.4 Å². The molecule has 7 heteroatoms. The average Bonchev–Trinajstić information content (AvgIpc) is 3.06. The van der Waals surface area contributed by atoms with Gasteiger partial charge in [0, 0.05) is 6.20 Å². The highest BCUT2D eigenvalue weighted by Gasteiger charge is 2.18. The first-order valence-electron chi connectivity index (χ1n) is 9.63. The normalized spacial score (nSPS) is 11.0. The number of pyridine rings is 1. The zero-order valence-corrected chi connectivity index (χ0v) is 18.0. The first-order valence-corrected chi connectivity index (χ1v) is 10.6. The van der Waals surface area contributed by atoms with E-state index in [-0.39, 0.29) is 11.7 Å². The lowest BCUT2D eigenvalue weighted by Crippen LogP contribution is -2.15. The van der Waals surface area contributed by atoms with Gasteiger partial charge in [-0.1, -0.05) is 41.6 Å². The minimum atomic E-state index is -0.137. The zero-order chi connectivity index (χ0) is 21.3. The van der Waals surface area contributed by atoms with Crippen molar-refractivity contribution >= 4 is 40.2 Å². The molecule has 2 aromatic carbocycles. The maximum atomic E-state index is 12.5. The van der Waals surface area contributed by atoms with Gasteiger partial charge >= 0.3 is 0 Å². The molecule has 4 rings (SSSR count). The first-order chi connectivity index (χ1) is 14.4. The Morgan fingerprint density at radius 1 is 1.10 bits per heavy atom. The van der Waals surface area contributed by atoms with Crippen molar-refractivity contribution in [3.8, 4) is 5.69 Å². The number of nitrogens with two attached hydrogens (primary N) is 1. The van der Waals surface area contributed by atoms with Gasteiger partial charge in [0.05, 0.1) is 22.8 Å². The van der Waals surface area contributed by atoms with Gasteiger partial charge in [0.25, 0.3) is 0 Å². The quantitative estimate of drug-likeness (QED) is 0.364. The largest absolute Gasteiger partial charge is 0.397 e. The number of nitrogen functional groups attached to an aromatic ring is 1. The van der Waals surface area contributed by atoms with Gasteiger partial charge < -0.3 is 11.1 Å². The Labute approximate surface area is 179 Å². The molecule has 0 aliphatic heterocycles. The predicted octanol–water partition coefficient (Wildman–Crippen LogP) is 4.66. The minimum absolute atomic E-state index is 0.137. The number of benzene rings is 2. The van der Waals surface area contributed by atoms with Gasteiger partial charge in [-0.3, -0.25) is 9.36 Å². The molecule has 0 bridgehead atoms. The van der Waals surface area contributed by atoms with Crippen LogP contribution in [-0.4, -0.2) is 26.2 Å². The lowest BCUT2D eigenvalue weighted by Gasteiger charge is -2.15. The molecular weight excluding hydrogens is 394 g/mol. The number of aromatic nitrogens is 3. The minimum Gasteiger partial charge on any atom is -0.397 e. The molecule has 0 saturated heterocycles. The number of imidazole rings is 1. The second kappa shape index (κ2) is 8.20. The first kappa shape index (κ1) is 20.0. The maximum absolute atomic E-state index is 12.5. The van der Waals surface area contributed by atoms with E-state index in [1.165, 1.54) is 17.3 Å². The molecule has 0 unspecified atom stereocenters. The van der Waals surface area contributed by atoms with Gasteiger partial charge in [0.1, 0.15) is 5.52 Å². The molecular formula is C23H23N5OS. The van der Waals surface area contributed by atoms with Crippen LogP contribution >= 0.6 is 11.8 Å². The Hall–Kier alpha value is -3.32. The van der Waals surface area contributed by atoms with E-state index in [4.69, 9.17) is 10.7 Å². The maximum Gasteiger partial charge on any atom is 0.234 e. The number of nitrogens with one attached hydrogen (secondary N) is 1. The van der Waals surface area contributed by atoms with Gasteiger partial charge in [0.15, 0.2) is 10.8 Å². The molecule has 2 aromatic heterocycles. The summed E-state index contributed by atoms with van der Waals surface area (Å²) in [4.78, 5) is 21.8. The number of hydrogen-bond donors (Lipinski definition) is 2. The van der Waals surface area contributed by atoms with Crippen molar-refractivity contribution in [1.82, 2.24) is 14.5 Å². The molecule has 6 nitrogen and oxygen atoms in total. The third-order valence-corrected chi connectivity index (χ3v) is 5.75. The van der Waals surface area contributed by atoms with Crippen LogP contribution < -0.4 is 11.1 Å². The van der Waals surface area contributed by atoms with Gasteiger partial charge in [-0.2, -0.15) is 0 Å². The molecule has 0 aliphatic carbocycles. The topological polar surface area (TPSA) is 85.8 Å². The SMILES string of the molecule is Cc1cc(C)c(-n2c(SCC(=O)Nc3ccccc3N)nc3cccnc32)c(C)c1. The standard InChI is InChI=1S/C23H23N5OS/c1-14-11-15(2)21(16(3)12-14)28-22-19(9-6-10-25-22)27-23(28)30-13-20(29)26-18-8-5-4-7-17(18)24/h4-12H,13,24H2,1-3H3,(H,26,29). The summed E-state index contributed by atoms with van der Waals surface area (Å²) in [6.07, 6.45) is 1.76. The van der Waals surface area contributed by atoms with Crippen molar-refractivity contribution in [3.63, 3.8) is 0 Å². The highest BCUT2D eigenvalue weighted by molar-refractivity contribution is 7.99. The third kappa shape index (κ3) is 3.89. The molecule has 0 fully saturated rings. The van der Waals surface area contributed by atoms with Crippen molar-refractivity contribution in [2.75, 3.05) is 16.8 Å². The van der Waals surface area contributed by atoms with E-state index in [2.05, 4.69) is 43.2 Å². The van der Waals surface area contributed by atoms with Crippen LogP contribution in [0.1, 0.15) is 16.7 Å². The van der Waals surface area contributed by atoms with E-state index in [0.29, 0.717) is 11.4 Å². The number of thioether (sulfide) groups is 1. The van der Waals surface area contributed by atoms with Crippen LogP contribution in [0.2, 0.25) is 0 Å². The molecule has 152 valence electrons. The van der Waals surface area contributed by atoms with Crippen LogP contribution in [0.4, 0.5) is 11.4 Å². The van der Waals surface area contributed by atoms with E-state index in [9.17, 15) is 4.79 Å². The number of amides is 1. The highest BCUT2D eigenvalue weighted by atomic mass is 32.2. The molecule has 4 aromatic rings. The van der Waals surface area contributed by atoms with Crippen LogP contribution in [0.5, 0.6) is 0 Å². The summed E-state index contributed by atoms with van der Waals surface area (Å²) in [5.41, 5.74) is 13.2. The molecule has 3 N–H and O–H groups in total. The lowest BCUT2D eigenvalue weighted by molar-refractivity contribution is -0.113. The Bertz CT molecular complexity index is 1220. The number of rotatable bonds is 5. The number of carbonyl (C=O) groups is 1. The average molecular weight is 418 g/mol. The van der Waals surface area contributed by atoms with Crippen LogP contribution in [0, 0.1) is 20.8 Å². The molecule has 1 amide bonds. The molecule has 0 aliphatic rings. The Kier molecular flexibility index (Phi) is 5.46. The fourth-order valence-corrected chi connectivity index (χ4v) is 4.44. The molecule has 30 heavy (non-hydrogen) atoms. The van der Waals surface area contributed by atoms with Crippen LogP contribution in [-0.2, 0) is 4.79 Å². The van der Waals surface area contributed by atoms with E-state index in [1.807, 2.05) is 28.8 Å². The molecule has 0 saturated carbocycles. The highest BCUT2D eigenvalue weighted by Crippen LogP contribution is 2.31. The predicted molar refractivity (Wildman–Crippen MR) is 123 cm³/mol. The summed E-state index contributed by atoms with van der Waals surface area (Å²) >= 11 is 1.38. The van der Waals surface area contributed by atoms with E-state index < -0.39 is 0 Å². The Morgan fingerprint density at radius 3 is 2.57 bits per heavy atom. The number of hydrogen-bond acceptors (Lipinski definition) is 5. The van der Waals surface area contributed by atoms with Gasteiger partial charge in [-0.25, -0.2) is 9.97 Å². The molecule has 0 spiro atoms. The van der Waals surface area contributed by atoms with Gasteiger partial charge in [0.2, 0.25) is 5.91 Å². The van der Waals surface area contributed by atoms with E-state index >= 15 is 0 Å². The summed E-state index contributed by atoms with van der Waals surface area (Å²) < 4.78 is 2.05. The number of nitrogens with zero attached hydrogens (tertiary/aromatic N) is 3. The summed E-state index contributed by atoms with van der Waals surface area (Å²) in [6.45, 7) is 6.26. The van der Waals surface area contributed by atoms with Crippen molar-refractivity contribution in [1.29, 1.82) is 0 Å². The Balaban J connectivity index is 1.68. The third-order valence-electron chi connectivity index (χ3n) is 4.81. The van der Waals surface area contributed by atoms with Crippen molar-refractivity contribution in [2.45, 2.75) is 25.9 Å². The molecule has 2 heterocycles. The summed E-state index contributed by atoms with van der Waals surface area (Å²) in [5.74, 6) is 0.0727. The number of carbonyl (C=O) groups excluding carboxylic acids is 1.